The maximum Gasteiger partial charge on any atom is 0.263 e. The van der Waals surface area contributed by atoms with Crippen molar-refractivity contribution in [3.63, 3.8) is 0 Å². The van der Waals surface area contributed by atoms with Gasteiger partial charge in [0.25, 0.3) is 5.91 Å². The number of halogens is 4. The number of ether oxygens (including phenoxy) is 1. The maximum atomic E-state index is 14.2. The third kappa shape index (κ3) is 3.44. The Morgan fingerprint density at radius 1 is 1.00 bits per heavy atom. The first kappa shape index (κ1) is 21.3. The van der Waals surface area contributed by atoms with E-state index in [1.807, 2.05) is 6.92 Å². The van der Waals surface area contributed by atoms with Gasteiger partial charge in [-0.3, -0.25) is 10.1 Å². The van der Waals surface area contributed by atoms with Crippen molar-refractivity contribution in [3.8, 4) is 5.75 Å². The van der Waals surface area contributed by atoms with Gasteiger partial charge in [0, 0.05) is 6.04 Å². The van der Waals surface area contributed by atoms with Crippen LogP contribution in [-0.4, -0.2) is 24.2 Å². The van der Waals surface area contributed by atoms with Gasteiger partial charge >= 0.3 is 0 Å². The van der Waals surface area contributed by atoms with Crippen molar-refractivity contribution in [1.29, 1.82) is 0 Å². The highest BCUT2D eigenvalue weighted by Gasteiger charge is 2.53. The summed E-state index contributed by atoms with van der Waals surface area (Å²) in [5.74, 6) is -7.64. The summed E-state index contributed by atoms with van der Waals surface area (Å²) >= 11 is 5.16. The van der Waals surface area contributed by atoms with Crippen LogP contribution in [0.2, 0.25) is 0 Å². The van der Waals surface area contributed by atoms with Crippen LogP contribution >= 0.6 is 12.2 Å². The zero-order valence-corrected chi connectivity index (χ0v) is 17.6. The highest BCUT2D eigenvalue weighted by molar-refractivity contribution is 7.80. The van der Waals surface area contributed by atoms with E-state index < -0.39 is 40.5 Å². The van der Waals surface area contributed by atoms with Gasteiger partial charge in [-0.15, -0.1) is 0 Å². The summed E-state index contributed by atoms with van der Waals surface area (Å²) in [4.78, 5) is 12.3. The summed E-state index contributed by atoms with van der Waals surface area (Å²) in [6.45, 7) is 2.00. The fourth-order valence-electron chi connectivity index (χ4n) is 6.25. The van der Waals surface area contributed by atoms with Gasteiger partial charge in [0.05, 0.1) is 7.11 Å². The van der Waals surface area contributed by atoms with E-state index in [0.717, 1.165) is 44.1 Å². The molecule has 1 amide bonds. The Balaban J connectivity index is 1.47. The zero-order chi connectivity index (χ0) is 21.8. The monoisotopic (exact) mass is 444 g/mol. The van der Waals surface area contributed by atoms with Crippen molar-refractivity contribution in [2.45, 2.75) is 51.5 Å². The van der Waals surface area contributed by atoms with E-state index in [4.69, 9.17) is 12.2 Å². The largest absolute Gasteiger partial charge is 0.491 e. The first-order valence-corrected chi connectivity index (χ1v) is 10.6. The summed E-state index contributed by atoms with van der Waals surface area (Å²) in [5.41, 5.74) is -1.30. The molecule has 1 atom stereocenters. The predicted molar refractivity (Wildman–Crippen MR) is 106 cm³/mol. The number of amides is 1. The lowest BCUT2D eigenvalue weighted by molar-refractivity contribution is -0.0672. The average Bonchev–Trinajstić information content (AvgIpc) is 2.66. The minimum Gasteiger partial charge on any atom is -0.491 e. The Bertz CT molecular complexity index is 843. The summed E-state index contributed by atoms with van der Waals surface area (Å²) in [6.07, 6.45) is 7.13. The van der Waals surface area contributed by atoms with Crippen molar-refractivity contribution < 1.29 is 27.1 Å². The smallest absolute Gasteiger partial charge is 0.263 e. The van der Waals surface area contributed by atoms with Crippen LogP contribution < -0.4 is 15.4 Å². The molecule has 0 spiro atoms. The van der Waals surface area contributed by atoms with Crippen LogP contribution in [0.4, 0.5) is 17.6 Å². The SMILES string of the molecule is COc1c(F)c(F)c(C(=O)NC(=S)N[C@@H](C)C23CC4CC(CC(C4)C2)C3)c(F)c1F. The van der Waals surface area contributed by atoms with Crippen molar-refractivity contribution >= 4 is 23.2 Å². The average molecular weight is 444 g/mol. The van der Waals surface area contributed by atoms with E-state index in [-0.39, 0.29) is 16.6 Å². The number of nitrogens with one attached hydrogen (secondary N) is 2. The number of methoxy groups -OCH3 is 1. The zero-order valence-electron chi connectivity index (χ0n) is 16.8. The summed E-state index contributed by atoms with van der Waals surface area (Å²) in [5, 5.41) is 5.10. The van der Waals surface area contributed by atoms with Crippen LogP contribution in [0.3, 0.4) is 0 Å². The molecular formula is C21H24F4N2O2S. The van der Waals surface area contributed by atoms with E-state index in [0.29, 0.717) is 0 Å². The van der Waals surface area contributed by atoms with Gasteiger partial charge in [0.15, 0.2) is 22.5 Å². The molecule has 2 N–H and O–H groups in total. The highest BCUT2D eigenvalue weighted by Crippen LogP contribution is 2.61. The van der Waals surface area contributed by atoms with Crippen LogP contribution in [0.25, 0.3) is 0 Å². The number of carbonyl (C=O) groups excluding carboxylic acids is 1. The fourth-order valence-corrected chi connectivity index (χ4v) is 6.52. The topological polar surface area (TPSA) is 50.4 Å². The Kier molecular flexibility index (Phi) is 5.45. The Morgan fingerprint density at radius 2 is 1.47 bits per heavy atom. The molecule has 30 heavy (non-hydrogen) atoms. The third-order valence-electron chi connectivity index (χ3n) is 7.23. The molecule has 0 aliphatic heterocycles. The van der Waals surface area contributed by atoms with Gasteiger partial charge < -0.3 is 10.1 Å². The third-order valence-corrected chi connectivity index (χ3v) is 7.45. The van der Waals surface area contributed by atoms with Gasteiger partial charge in [-0.25, -0.2) is 8.78 Å². The Morgan fingerprint density at radius 3 is 1.90 bits per heavy atom. The molecule has 4 nitrogen and oxygen atoms in total. The van der Waals surface area contributed by atoms with Gasteiger partial charge in [0.1, 0.15) is 5.56 Å². The molecule has 4 saturated carbocycles. The number of hydrogen-bond donors (Lipinski definition) is 2. The van der Waals surface area contributed by atoms with Crippen molar-refractivity contribution in [2.24, 2.45) is 23.2 Å². The van der Waals surface area contributed by atoms with Crippen molar-refractivity contribution in [1.82, 2.24) is 10.6 Å². The molecule has 164 valence electrons. The van der Waals surface area contributed by atoms with Crippen LogP contribution in [0.15, 0.2) is 0 Å². The number of rotatable bonds is 4. The lowest BCUT2D eigenvalue weighted by Gasteiger charge is -2.59. The van der Waals surface area contributed by atoms with Gasteiger partial charge in [0.2, 0.25) is 11.6 Å². The van der Waals surface area contributed by atoms with Crippen LogP contribution in [0, 0.1) is 46.4 Å². The Hall–Kier alpha value is -1.90. The summed E-state index contributed by atoms with van der Waals surface area (Å²) in [7, 11) is 0.866. The lowest BCUT2D eigenvalue weighted by atomic mass is 9.48. The standard InChI is InChI=1S/C21H24F4N2O2S/c1-9(21-6-10-3-11(7-21)5-12(4-10)8-21)26-20(30)27-19(28)13-14(22)16(24)18(29-2)17(25)15(13)23/h9-12H,3-8H2,1-2H3,(H2,26,27,28,30)/t9-,10?,11?,12?,21?/m0/s1. The van der Waals surface area contributed by atoms with Gasteiger partial charge in [-0.2, -0.15) is 8.78 Å². The summed E-state index contributed by atoms with van der Waals surface area (Å²) < 4.78 is 60.5. The number of carbonyl (C=O) groups is 1. The molecule has 4 aliphatic carbocycles. The van der Waals surface area contributed by atoms with E-state index >= 15 is 0 Å². The van der Waals surface area contributed by atoms with E-state index in [1.165, 1.54) is 19.3 Å². The van der Waals surface area contributed by atoms with Crippen LogP contribution in [-0.2, 0) is 0 Å². The van der Waals surface area contributed by atoms with E-state index in [2.05, 4.69) is 15.4 Å². The van der Waals surface area contributed by atoms with E-state index in [1.54, 1.807) is 0 Å². The quantitative estimate of drug-likeness (QED) is 0.409. The number of thiocarbonyl (C=S) groups is 1. The Labute approximate surface area is 177 Å². The molecule has 0 saturated heterocycles. The molecule has 9 heteroatoms. The predicted octanol–water partition coefficient (Wildman–Crippen LogP) is 4.46. The molecule has 5 rings (SSSR count). The molecule has 4 fully saturated rings. The van der Waals surface area contributed by atoms with Gasteiger partial charge in [-0.1, -0.05) is 0 Å². The lowest BCUT2D eigenvalue weighted by Crippen LogP contribution is -2.57. The second-order valence-corrected chi connectivity index (χ2v) is 9.50. The minimum absolute atomic E-state index is 0.0438. The van der Waals surface area contributed by atoms with E-state index in [9.17, 15) is 22.4 Å². The molecule has 4 aliphatic rings. The van der Waals surface area contributed by atoms with Gasteiger partial charge in [-0.05, 0) is 80.8 Å². The molecule has 0 heterocycles. The minimum atomic E-state index is -1.83. The van der Waals surface area contributed by atoms with Crippen LogP contribution in [0.5, 0.6) is 5.75 Å². The molecule has 0 aromatic heterocycles. The first-order valence-electron chi connectivity index (χ1n) is 10.2. The van der Waals surface area contributed by atoms with Crippen molar-refractivity contribution in [2.75, 3.05) is 7.11 Å². The second kappa shape index (κ2) is 7.66. The molecule has 0 radical (unpaired) electrons. The molecule has 4 bridgehead atoms. The maximum absolute atomic E-state index is 14.2. The molecule has 1 aromatic rings. The molecule has 0 unspecified atom stereocenters. The first-order chi connectivity index (χ1) is 14.1. The second-order valence-electron chi connectivity index (χ2n) is 9.09. The van der Waals surface area contributed by atoms with Crippen molar-refractivity contribution in [3.05, 3.63) is 28.8 Å². The number of hydrogen-bond acceptors (Lipinski definition) is 3. The summed E-state index contributed by atoms with van der Waals surface area (Å²) in [6, 6.07) is -0.0438. The highest BCUT2D eigenvalue weighted by atomic mass is 32.1. The normalized spacial score (nSPS) is 30.1. The fraction of sp³-hybridized carbons (Fsp3) is 0.619. The molecule has 1 aromatic carbocycles. The molecular weight excluding hydrogens is 420 g/mol. The number of benzene rings is 1. The van der Waals surface area contributed by atoms with Crippen LogP contribution in [0.1, 0.15) is 55.8 Å².